The van der Waals surface area contributed by atoms with Crippen molar-refractivity contribution in [1.29, 1.82) is 0 Å². The third-order valence-electron chi connectivity index (χ3n) is 6.88. The van der Waals surface area contributed by atoms with Crippen LogP contribution in [-0.2, 0) is 0 Å². The average molecular weight is 451 g/mol. The number of rotatable bonds is 9. The van der Waals surface area contributed by atoms with Gasteiger partial charge in [0.2, 0.25) is 0 Å². The fraction of sp³-hybridized carbons (Fsp3) is 0.290. The van der Waals surface area contributed by atoms with Crippen molar-refractivity contribution in [3.8, 4) is 5.75 Å². The smallest absolute Gasteiger partial charge is 0.127 e. The molecule has 0 spiro atoms. The van der Waals surface area contributed by atoms with E-state index in [1.165, 1.54) is 28.3 Å². The number of benzene rings is 4. The van der Waals surface area contributed by atoms with Crippen molar-refractivity contribution in [2.24, 2.45) is 0 Å². The van der Waals surface area contributed by atoms with Gasteiger partial charge in [-0.25, -0.2) is 0 Å². The van der Waals surface area contributed by atoms with E-state index >= 15 is 0 Å². The number of piperazine rings is 1. The van der Waals surface area contributed by atoms with Crippen molar-refractivity contribution in [2.45, 2.75) is 18.9 Å². The Balaban J connectivity index is 1.10. The van der Waals surface area contributed by atoms with Gasteiger partial charge in [0.1, 0.15) is 5.75 Å². The molecule has 0 N–H and O–H groups in total. The Morgan fingerprint density at radius 2 is 1.24 bits per heavy atom. The molecule has 1 aliphatic rings. The Labute approximate surface area is 203 Å². The second kappa shape index (κ2) is 11.3. The summed E-state index contributed by atoms with van der Waals surface area (Å²) in [5.74, 6) is 1.000. The molecule has 4 aromatic carbocycles. The molecule has 4 aromatic rings. The Morgan fingerprint density at radius 1 is 0.618 bits per heavy atom. The van der Waals surface area contributed by atoms with Crippen molar-refractivity contribution < 1.29 is 4.74 Å². The van der Waals surface area contributed by atoms with E-state index in [0.717, 1.165) is 51.5 Å². The van der Waals surface area contributed by atoms with E-state index in [9.17, 15) is 0 Å². The number of hydrogen-bond acceptors (Lipinski definition) is 3. The highest BCUT2D eigenvalue weighted by molar-refractivity contribution is 5.88. The van der Waals surface area contributed by atoms with E-state index < -0.39 is 0 Å². The number of nitrogens with zero attached hydrogens (tertiary/aromatic N) is 2. The molecule has 0 bridgehead atoms. The summed E-state index contributed by atoms with van der Waals surface area (Å²) >= 11 is 0. The van der Waals surface area contributed by atoms with Crippen LogP contribution in [0, 0.1) is 0 Å². The molecule has 174 valence electrons. The summed E-state index contributed by atoms with van der Waals surface area (Å²) in [6, 6.07) is 37.0. The molecule has 0 aliphatic carbocycles. The van der Waals surface area contributed by atoms with Crippen LogP contribution in [0.1, 0.15) is 30.0 Å². The first-order valence-electron chi connectivity index (χ1n) is 12.6. The second-order valence-corrected chi connectivity index (χ2v) is 9.13. The molecule has 0 amide bonds. The molecule has 1 aliphatic heterocycles. The Hall–Kier alpha value is -3.14. The van der Waals surface area contributed by atoms with Crippen molar-refractivity contribution >= 4 is 10.8 Å². The van der Waals surface area contributed by atoms with Gasteiger partial charge in [0, 0.05) is 31.6 Å². The first-order chi connectivity index (χ1) is 16.9. The van der Waals surface area contributed by atoms with E-state index in [0.29, 0.717) is 6.04 Å². The maximum absolute atomic E-state index is 6.13. The lowest BCUT2D eigenvalue weighted by molar-refractivity contribution is 0.107. The molecule has 1 heterocycles. The lowest BCUT2D eigenvalue weighted by Gasteiger charge is -2.39. The van der Waals surface area contributed by atoms with Crippen LogP contribution in [0.25, 0.3) is 10.8 Å². The molecule has 0 saturated carbocycles. The molecular formula is C31H34N2O. The van der Waals surface area contributed by atoms with Gasteiger partial charge in [-0.1, -0.05) is 97.1 Å². The summed E-state index contributed by atoms with van der Waals surface area (Å²) in [5, 5.41) is 2.44. The first kappa shape index (κ1) is 22.6. The van der Waals surface area contributed by atoms with Gasteiger partial charge in [0.05, 0.1) is 12.6 Å². The quantitative estimate of drug-likeness (QED) is 0.274. The van der Waals surface area contributed by atoms with E-state index in [1.54, 1.807) is 0 Å². The summed E-state index contributed by atoms with van der Waals surface area (Å²) in [4.78, 5) is 5.26. The zero-order valence-electron chi connectivity index (χ0n) is 19.9. The van der Waals surface area contributed by atoms with Gasteiger partial charge >= 0.3 is 0 Å². The van der Waals surface area contributed by atoms with E-state index in [2.05, 4.69) is 113 Å². The molecule has 5 rings (SSSR count). The van der Waals surface area contributed by atoms with Crippen LogP contribution in [0.5, 0.6) is 5.75 Å². The molecule has 0 atom stereocenters. The van der Waals surface area contributed by atoms with Gasteiger partial charge in [-0.2, -0.15) is 0 Å². The summed E-state index contributed by atoms with van der Waals surface area (Å²) in [6.07, 6.45) is 2.26. The minimum atomic E-state index is 0.332. The lowest BCUT2D eigenvalue weighted by Crippen LogP contribution is -2.48. The molecule has 1 saturated heterocycles. The first-order valence-corrected chi connectivity index (χ1v) is 12.6. The molecule has 0 aromatic heterocycles. The zero-order chi connectivity index (χ0) is 23.0. The van der Waals surface area contributed by atoms with Crippen LogP contribution < -0.4 is 4.74 Å². The highest BCUT2D eigenvalue weighted by Crippen LogP contribution is 2.29. The minimum absolute atomic E-state index is 0.332. The van der Waals surface area contributed by atoms with Gasteiger partial charge in [-0.15, -0.1) is 0 Å². The van der Waals surface area contributed by atoms with Gasteiger partial charge in [0.15, 0.2) is 0 Å². The summed E-state index contributed by atoms with van der Waals surface area (Å²) in [6.45, 7) is 6.37. The molecule has 3 nitrogen and oxygen atoms in total. The van der Waals surface area contributed by atoms with Gasteiger partial charge in [-0.3, -0.25) is 4.90 Å². The third-order valence-corrected chi connectivity index (χ3v) is 6.88. The SMILES string of the molecule is c1ccc(C(c2ccccc2)N2CCN(CCCCOc3cccc4ccccc34)CC2)cc1. The fourth-order valence-electron chi connectivity index (χ4n) is 5.07. The molecule has 3 heteroatoms. The molecule has 34 heavy (non-hydrogen) atoms. The van der Waals surface area contributed by atoms with E-state index in [1.807, 2.05) is 0 Å². The minimum Gasteiger partial charge on any atom is -0.493 e. The normalized spacial score (nSPS) is 15.1. The Morgan fingerprint density at radius 3 is 1.94 bits per heavy atom. The van der Waals surface area contributed by atoms with Crippen molar-refractivity contribution in [1.82, 2.24) is 9.80 Å². The molecule has 1 fully saturated rings. The van der Waals surface area contributed by atoms with E-state index in [4.69, 9.17) is 4.74 Å². The van der Waals surface area contributed by atoms with Crippen LogP contribution in [0.3, 0.4) is 0 Å². The Kier molecular flexibility index (Phi) is 7.54. The van der Waals surface area contributed by atoms with E-state index in [-0.39, 0.29) is 0 Å². The van der Waals surface area contributed by atoms with Crippen LogP contribution >= 0.6 is 0 Å². The van der Waals surface area contributed by atoms with Crippen LogP contribution in [0.2, 0.25) is 0 Å². The van der Waals surface area contributed by atoms with Crippen LogP contribution in [0.15, 0.2) is 103 Å². The maximum atomic E-state index is 6.13. The van der Waals surface area contributed by atoms with Crippen LogP contribution in [0.4, 0.5) is 0 Å². The monoisotopic (exact) mass is 450 g/mol. The standard InChI is InChI=1S/C31H34N2O/c1-3-13-27(14-4-1)31(28-15-5-2-6-16-28)33-23-21-32(22-24-33)20-9-10-25-34-30-19-11-17-26-12-7-8-18-29(26)30/h1-8,11-19,31H,9-10,20-25H2. The largest absolute Gasteiger partial charge is 0.493 e. The predicted molar refractivity (Wildman–Crippen MR) is 141 cm³/mol. The summed E-state index contributed by atoms with van der Waals surface area (Å²) < 4.78 is 6.13. The number of hydrogen-bond donors (Lipinski definition) is 0. The number of ether oxygens (including phenoxy) is 1. The molecular weight excluding hydrogens is 416 g/mol. The highest BCUT2D eigenvalue weighted by atomic mass is 16.5. The molecule has 0 unspecified atom stereocenters. The summed E-state index contributed by atoms with van der Waals surface area (Å²) in [7, 11) is 0. The average Bonchev–Trinajstić information content (AvgIpc) is 2.91. The fourth-order valence-corrected chi connectivity index (χ4v) is 5.07. The summed E-state index contributed by atoms with van der Waals surface area (Å²) in [5.41, 5.74) is 2.76. The highest BCUT2D eigenvalue weighted by Gasteiger charge is 2.26. The molecule has 0 radical (unpaired) electrons. The van der Waals surface area contributed by atoms with Crippen molar-refractivity contribution in [2.75, 3.05) is 39.3 Å². The topological polar surface area (TPSA) is 15.7 Å². The maximum Gasteiger partial charge on any atom is 0.127 e. The second-order valence-electron chi connectivity index (χ2n) is 9.13. The van der Waals surface area contributed by atoms with Gasteiger partial charge in [0.25, 0.3) is 0 Å². The zero-order valence-corrected chi connectivity index (χ0v) is 19.9. The van der Waals surface area contributed by atoms with Crippen LogP contribution in [-0.4, -0.2) is 49.1 Å². The number of fused-ring (bicyclic) bond motifs is 1. The third kappa shape index (κ3) is 5.49. The number of unbranched alkanes of at least 4 members (excludes halogenated alkanes) is 1. The Bertz CT molecular complexity index is 1110. The van der Waals surface area contributed by atoms with Crippen molar-refractivity contribution in [3.05, 3.63) is 114 Å². The lowest BCUT2D eigenvalue weighted by atomic mass is 9.96. The predicted octanol–water partition coefficient (Wildman–Crippen LogP) is 6.41. The van der Waals surface area contributed by atoms with Gasteiger partial charge in [-0.05, 0) is 42.0 Å². The van der Waals surface area contributed by atoms with Gasteiger partial charge < -0.3 is 9.64 Å². The van der Waals surface area contributed by atoms with Crippen molar-refractivity contribution in [3.63, 3.8) is 0 Å².